The highest BCUT2D eigenvalue weighted by molar-refractivity contribution is 7.80. The molecule has 2 atom stereocenters. The summed E-state index contributed by atoms with van der Waals surface area (Å²) < 4.78 is 5.33. The third-order valence-electron chi connectivity index (χ3n) is 5.51. The van der Waals surface area contributed by atoms with Crippen molar-refractivity contribution in [3.63, 3.8) is 0 Å². The molecule has 0 aliphatic rings. The molecule has 0 radical (unpaired) electrons. The highest BCUT2D eigenvalue weighted by Gasteiger charge is 2.37. The van der Waals surface area contributed by atoms with E-state index < -0.39 is 35.6 Å². The Morgan fingerprint density at radius 1 is 1.08 bits per heavy atom. The van der Waals surface area contributed by atoms with E-state index in [-0.39, 0.29) is 24.1 Å². The number of rotatable bonds is 13. The van der Waals surface area contributed by atoms with Gasteiger partial charge >= 0.3 is 6.09 Å². The molecule has 2 unspecified atom stereocenters. The lowest BCUT2D eigenvalue weighted by molar-refractivity contribution is -0.142. The number of carbonyl (C=O) groups is 3. The van der Waals surface area contributed by atoms with Gasteiger partial charge in [-0.2, -0.15) is 12.6 Å². The fraction of sp³-hybridized carbons (Fsp3) is 0.667. The minimum atomic E-state index is -1.08. The van der Waals surface area contributed by atoms with E-state index >= 15 is 0 Å². The van der Waals surface area contributed by atoms with Crippen LogP contribution in [0.2, 0.25) is 0 Å². The predicted octanol–water partition coefficient (Wildman–Crippen LogP) is 4.89. The minimum absolute atomic E-state index is 0.0166. The SMILES string of the molecule is CCCCCCCN(C(=O)C(CS)NC(=O)OC(C)(C)C)C(C(=O)NC(C)C)c1cccc(C)c1O. The first kappa shape index (κ1) is 31.6. The van der Waals surface area contributed by atoms with E-state index in [0.29, 0.717) is 17.5 Å². The van der Waals surface area contributed by atoms with Gasteiger partial charge < -0.3 is 25.4 Å². The second-order valence-electron chi connectivity index (χ2n) is 10.4. The van der Waals surface area contributed by atoms with Crippen molar-refractivity contribution < 1.29 is 24.2 Å². The highest BCUT2D eigenvalue weighted by Crippen LogP contribution is 2.32. The number of benzene rings is 1. The van der Waals surface area contributed by atoms with Crippen molar-refractivity contribution in [2.75, 3.05) is 12.3 Å². The molecule has 3 N–H and O–H groups in total. The molecule has 0 heterocycles. The number of aromatic hydroxyl groups is 1. The molecule has 0 aromatic heterocycles. The fourth-order valence-electron chi connectivity index (χ4n) is 3.80. The van der Waals surface area contributed by atoms with E-state index in [1.165, 1.54) is 4.90 Å². The Kier molecular flexibility index (Phi) is 13.1. The van der Waals surface area contributed by atoms with Gasteiger partial charge in [-0.25, -0.2) is 4.79 Å². The van der Waals surface area contributed by atoms with Crippen LogP contribution in [0, 0.1) is 6.92 Å². The number of hydrogen-bond donors (Lipinski definition) is 4. The molecule has 0 saturated carbocycles. The predicted molar refractivity (Wildman–Crippen MR) is 146 cm³/mol. The average molecular weight is 524 g/mol. The normalized spacial score (nSPS) is 13.1. The maximum absolute atomic E-state index is 13.8. The quantitative estimate of drug-likeness (QED) is 0.218. The third kappa shape index (κ3) is 10.3. The lowest BCUT2D eigenvalue weighted by Gasteiger charge is -2.35. The molecule has 0 spiro atoms. The number of carbonyl (C=O) groups excluding carboxylic acids is 3. The number of alkyl carbamates (subject to hydrolysis) is 1. The summed E-state index contributed by atoms with van der Waals surface area (Å²) in [5.41, 5.74) is 0.202. The maximum atomic E-state index is 13.8. The van der Waals surface area contributed by atoms with Gasteiger partial charge in [0.15, 0.2) is 0 Å². The van der Waals surface area contributed by atoms with Gasteiger partial charge in [-0.05, 0) is 53.5 Å². The first-order valence-electron chi connectivity index (χ1n) is 12.8. The Morgan fingerprint density at radius 3 is 2.28 bits per heavy atom. The molecule has 1 aromatic rings. The van der Waals surface area contributed by atoms with Gasteiger partial charge in [0.2, 0.25) is 11.8 Å². The Bertz CT molecular complexity index is 869. The number of amides is 3. The summed E-state index contributed by atoms with van der Waals surface area (Å²) in [6.45, 7) is 13.0. The first-order chi connectivity index (χ1) is 16.8. The van der Waals surface area contributed by atoms with Crippen LogP contribution in [-0.2, 0) is 14.3 Å². The zero-order valence-corrected chi connectivity index (χ0v) is 23.8. The van der Waals surface area contributed by atoms with Crippen LogP contribution in [0.1, 0.15) is 90.8 Å². The van der Waals surface area contributed by atoms with Crippen molar-refractivity contribution >= 4 is 30.5 Å². The summed E-state index contributed by atoms with van der Waals surface area (Å²) in [5, 5.41) is 16.4. The van der Waals surface area contributed by atoms with Gasteiger partial charge in [-0.3, -0.25) is 9.59 Å². The van der Waals surface area contributed by atoms with Crippen molar-refractivity contribution in [1.82, 2.24) is 15.5 Å². The molecule has 204 valence electrons. The Balaban J connectivity index is 3.43. The van der Waals surface area contributed by atoms with Gasteiger partial charge in [-0.15, -0.1) is 0 Å². The topological polar surface area (TPSA) is 108 Å². The van der Waals surface area contributed by atoms with E-state index in [1.54, 1.807) is 45.9 Å². The number of ether oxygens (including phenoxy) is 1. The zero-order chi connectivity index (χ0) is 27.5. The monoisotopic (exact) mass is 523 g/mol. The van der Waals surface area contributed by atoms with Crippen LogP contribution in [-0.4, -0.2) is 57.9 Å². The molecule has 1 aromatic carbocycles. The number of nitrogens with one attached hydrogen (secondary N) is 2. The molecule has 3 amide bonds. The van der Waals surface area contributed by atoms with Crippen LogP contribution >= 0.6 is 12.6 Å². The van der Waals surface area contributed by atoms with E-state index in [2.05, 4.69) is 30.2 Å². The molecular weight excluding hydrogens is 478 g/mol. The summed E-state index contributed by atoms with van der Waals surface area (Å²) in [5.74, 6) is -0.880. The molecule has 36 heavy (non-hydrogen) atoms. The first-order valence-corrected chi connectivity index (χ1v) is 13.4. The summed E-state index contributed by atoms with van der Waals surface area (Å²) in [4.78, 5) is 41.2. The van der Waals surface area contributed by atoms with Crippen LogP contribution < -0.4 is 10.6 Å². The van der Waals surface area contributed by atoms with Crippen molar-refractivity contribution in [2.45, 2.75) is 104 Å². The molecule has 9 heteroatoms. The van der Waals surface area contributed by atoms with E-state index in [9.17, 15) is 19.5 Å². The van der Waals surface area contributed by atoms with Crippen LogP contribution in [0.4, 0.5) is 4.79 Å². The zero-order valence-electron chi connectivity index (χ0n) is 22.9. The number of phenols is 1. The van der Waals surface area contributed by atoms with Crippen LogP contribution in [0.5, 0.6) is 5.75 Å². The van der Waals surface area contributed by atoms with Gasteiger partial charge in [0.25, 0.3) is 0 Å². The number of hydrogen-bond acceptors (Lipinski definition) is 6. The number of unbranched alkanes of at least 4 members (excludes halogenated alkanes) is 4. The fourth-order valence-corrected chi connectivity index (χ4v) is 4.05. The average Bonchev–Trinajstić information content (AvgIpc) is 2.76. The summed E-state index contributed by atoms with van der Waals surface area (Å²) in [7, 11) is 0. The number of nitrogens with zero attached hydrogens (tertiary/aromatic N) is 1. The second kappa shape index (κ2) is 15.0. The molecular formula is C27H45N3O5S. The Hall–Kier alpha value is -2.42. The molecule has 0 bridgehead atoms. The maximum Gasteiger partial charge on any atom is 0.408 e. The molecule has 0 fully saturated rings. The van der Waals surface area contributed by atoms with Crippen molar-refractivity contribution in [3.8, 4) is 5.75 Å². The van der Waals surface area contributed by atoms with Gasteiger partial charge in [0.1, 0.15) is 23.4 Å². The van der Waals surface area contributed by atoms with Crippen molar-refractivity contribution in [3.05, 3.63) is 29.3 Å². The smallest absolute Gasteiger partial charge is 0.408 e. The molecule has 1 rings (SSSR count). The Labute approximate surface area is 222 Å². The van der Waals surface area contributed by atoms with Crippen LogP contribution in [0.25, 0.3) is 0 Å². The number of aryl methyl sites for hydroxylation is 1. The van der Waals surface area contributed by atoms with Crippen LogP contribution in [0.15, 0.2) is 18.2 Å². The summed E-state index contributed by atoms with van der Waals surface area (Å²) >= 11 is 4.30. The van der Waals surface area contributed by atoms with E-state index in [0.717, 1.165) is 25.7 Å². The molecule has 0 saturated heterocycles. The molecule has 8 nitrogen and oxygen atoms in total. The largest absolute Gasteiger partial charge is 0.507 e. The van der Waals surface area contributed by atoms with Crippen molar-refractivity contribution in [1.29, 1.82) is 0 Å². The highest BCUT2D eigenvalue weighted by atomic mass is 32.1. The summed E-state index contributed by atoms with van der Waals surface area (Å²) in [6.07, 6.45) is 4.02. The van der Waals surface area contributed by atoms with E-state index in [1.807, 2.05) is 13.8 Å². The van der Waals surface area contributed by atoms with Gasteiger partial charge in [0, 0.05) is 23.9 Å². The van der Waals surface area contributed by atoms with Crippen LogP contribution in [0.3, 0.4) is 0 Å². The second-order valence-corrected chi connectivity index (χ2v) is 10.8. The number of thiol groups is 1. The lowest BCUT2D eigenvalue weighted by Crippen LogP contribution is -2.54. The number of para-hydroxylation sites is 1. The molecule has 0 aliphatic carbocycles. The van der Waals surface area contributed by atoms with Gasteiger partial charge in [-0.1, -0.05) is 50.8 Å². The minimum Gasteiger partial charge on any atom is -0.507 e. The standard InChI is InChI=1S/C27H45N3O5S/c1-8-9-10-11-12-16-30(25(33)21(17-36)29-26(34)35-27(5,6)7)22(24(32)28-18(2)3)20-15-13-14-19(4)23(20)31/h13-15,18,21-22,31,36H,8-12,16-17H2,1-7H3,(H,28,32)(H,29,34). The van der Waals surface area contributed by atoms with Gasteiger partial charge in [0.05, 0.1) is 0 Å². The Morgan fingerprint density at radius 2 is 1.72 bits per heavy atom. The summed E-state index contributed by atoms with van der Waals surface area (Å²) in [6, 6.07) is 2.89. The van der Waals surface area contributed by atoms with Crippen molar-refractivity contribution in [2.24, 2.45) is 0 Å². The lowest BCUT2D eigenvalue weighted by atomic mass is 9.98. The van der Waals surface area contributed by atoms with E-state index in [4.69, 9.17) is 4.74 Å². The third-order valence-corrected chi connectivity index (χ3v) is 5.88. The number of phenolic OH excluding ortho intramolecular Hbond substituents is 1. The molecule has 0 aliphatic heterocycles.